The highest BCUT2D eigenvalue weighted by atomic mass is 35.5. The first-order valence-electron chi connectivity index (χ1n) is 8.57. The number of aryl methyl sites for hydroxylation is 1. The maximum Gasteiger partial charge on any atom is 0.101 e. The third kappa shape index (κ3) is 3.40. The zero-order chi connectivity index (χ0) is 17.2. The smallest absolute Gasteiger partial charge is 0.101 e. The van der Waals surface area contributed by atoms with E-state index in [1.54, 1.807) is 0 Å². The highest BCUT2D eigenvalue weighted by Gasteiger charge is 2.25. The molecule has 0 amide bonds. The van der Waals surface area contributed by atoms with Crippen molar-refractivity contribution < 1.29 is 4.74 Å². The average molecular weight is 357 g/mol. The van der Waals surface area contributed by atoms with Crippen LogP contribution in [0.5, 0.6) is 0 Å². The summed E-state index contributed by atoms with van der Waals surface area (Å²) in [6, 6.07) is 10.4. The molecule has 130 valence electrons. The third-order valence-electron chi connectivity index (χ3n) is 4.85. The molecule has 1 aliphatic heterocycles. The number of hydrogen-bond donors (Lipinski definition) is 1. The summed E-state index contributed by atoms with van der Waals surface area (Å²) in [7, 11) is 1.96. The molecule has 1 fully saturated rings. The van der Waals surface area contributed by atoms with Gasteiger partial charge >= 0.3 is 0 Å². The van der Waals surface area contributed by atoms with E-state index in [1.807, 2.05) is 48.4 Å². The van der Waals surface area contributed by atoms with Crippen LogP contribution in [-0.2, 0) is 18.3 Å². The SMILES string of the molecule is Cn1nccc1C1CC(NCc2ccc(Cl)c3cccnc23)CCO1. The van der Waals surface area contributed by atoms with E-state index in [1.165, 1.54) is 5.56 Å². The first kappa shape index (κ1) is 16.5. The van der Waals surface area contributed by atoms with Crippen LogP contribution >= 0.6 is 11.6 Å². The number of nitrogens with zero attached hydrogens (tertiary/aromatic N) is 3. The maximum atomic E-state index is 6.28. The zero-order valence-electron chi connectivity index (χ0n) is 14.2. The first-order chi connectivity index (χ1) is 12.2. The number of fused-ring (bicyclic) bond motifs is 1. The second-order valence-electron chi connectivity index (χ2n) is 6.45. The van der Waals surface area contributed by atoms with Crippen LogP contribution in [0.3, 0.4) is 0 Å². The summed E-state index contributed by atoms with van der Waals surface area (Å²) in [4.78, 5) is 4.51. The van der Waals surface area contributed by atoms with Crippen molar-refractivity contribution in [3.8, 4) is 0 Å². The monoisotopic (exact) mass is 356 g/mol. The van der Waals surface area contributed by atoms with Gasteiger partial charge in [-0.2, -0.15) is 5.10 Å². The Hall–Kier alpha value is -1.95. The average Bonchev–Trinajstić information content (AvgIpc) is 3.08. The summed E-state index contributed by atoms with van der Waals surface area (Å²) in [6.07, 6.45) is 5.68. The number of hydrogen-bond acceptors (Lipinski definition) is 4. The van der Waals surface area contributed by atoms with Crippen molar-refractivity contribution in [3.63, 3.8) is 0 Å². The van der Waals surface area contributed by atoms with Gasteiger partial charge in [0.05, 0.1) is 11.2 Å². The number of halogens is 1. The summed E-state index contributed by atoms with van der Waals surface area (Å²) < 4.78 is 7.83. The molecule has 4 rings (SSSR count). The molecule has 0 saturated carbocycles. The van der Waals surface area contributed by atoms with Crippen LogP contribution in [0.1, 0.15) is 30.2 Å². The van der Waals surface area contributed by atoms with Gasteiger partial charge in [0.25, 0.3) is 0 Å². The summed E-state index contributed by atoms with van der Waals surface area (Å²) in [6.45, 7) is 1.53. The Bertz CT molecular complexity index is 879. The highest BCUT2D eigenvalue weighted by molar-refractivity contribution is 6.35. The quantitative estimate of drug-likeness (QED) is 0.775. The lowest BCUT2D eigenvalue weighted by Crippen LogP contribution is -2.36. The Morgan fingerprint density at radius 2 is 2.20 bits per heavy atom. The van der Waals surface area contributed by atoms with Crippen molar-refractivity contribution in [1.82, 2.24) is 20.1 Å². The van der Waals surface area contributed by atoms with Crippen molar-refractivity contribution in [3.05, 3.63) is 59.0 Å². The van der Waals surface area contributed by atoms with Gasteiger partial charge in [0.15, 0.2) is 0 Å². The van der Waals surface area contributed by atoms with Gasteiger partial charge in [0, 0.05) is 49.0 Å². The van der Waals surface area contributed by atoms with Gasteiger partial charge < -0.3 is 10.1 Å². The van der Waals surface area contributed by atoms with Crippen molar-refractivity contribution >= 4 is 22.5 Å². The Balaban J connectivity index is 1.47. The number of rotatable bonds is 4. The van der Waals surface area contributed by atoms with E-state index >= 15 is 0 Å². The molecule has 0 radical (unpaired) electrons. The molecule has 2 atom stereocenters. The second kappa shape index (κ2) is 7.12. The Labute approximate surface area is 152 Å². The standard InChI is InChI=1S/C19H21ClN4O/c1-24-17(6-9-23-24)18-11-14(7-10-25-18)22-12-13-4-5-16(20)15-3-2-8-21-19(13)15/h2-6,8-9,14,18,22H,7,10-12H2,1H3. The molecule has 6 heteroatoms. The molecule has 0 spiro atoms. The van der Waals surface area contributed by atoms with Crippen LogP contribution in [-0.4, -0.2) is 27.4 Å². The van der Waals surface area contributed by atoms with Crippen molar-refractivity contribution in [1.29, 1.82) is 0 Å². The predicted molar refractivity (Wildman–Crippen MR) is 98.5 cm³/mol. The minimum Gasteiger partial charge on any atom is -0.372 e. The Morgan fingerprint density at radius 1 is 1.28 bits per heavy atom. The second-order valence-corrected chi connectivity index (χ2v) is 6.85. The molecule has 25 heavy (non-hydrogen) atoms. The predicted octanol–water partition coefficient (Wildman–Crippen LogP) is 3.63. The molecule has 1 saturated heterocycles. The van der Waals surface area contributed by atoms with Gasteiger partial charge in [-0.15, -0.1) is 0 Å². The first-order valence-corrected chi connectivity index (χ1v) is 8.95. The van der Waals surface area contributed by atoms with Crippen LogP contribution < -0.4 is 5.32 Å². The van der Waals surface area contributed by atoms with Gasteiger partial charge in [-0.1, -0.05) is 17.7 Å². The summed E-state index contributed by atoms with van der Waals surface area (Å²) in [5.74, 6) is 0. The fraction of sp³-hybridized carbons (Fsp3) is 0.368. The molecule has 3 aromatic rings. The van der Waals surface area contributed by atoms with Crippen LogP contribution in [0, 0.1) is 0 Å². The minimum absolute atomic E-state index is 0.0961. The van der Waals surface area contributed by atoms with Gasteiger partial charge in [-0.05, 0) is 42.7 Å². The van der Waals surface area contributed by atoms with Crippen LogP contribution in [0.15, 0.2) is 42.7 Å². The van der Waals surface area contributed by atoms with E-state index < -0.39 is 0 Å². The van der Waals surface area contributed by atoms with Crippen molar-refractivity contribution in [2.24, 2.45) is 7.05 Å². The van der Waals surface area contributed by atoms with E-state index in [9.17, 15) is 0 Å². The molecule has 2 unspecified atom stereocenters. The lowest BCUT2D eigenvalue weighted by atomic mass is 10.0. The summed E-state index contributed by atoms with van der Waals surface area (Å²) in [5.41, 5.74) is 3.27. The number of pyridine rings is 1. The van der Waals surface area contributed by atoms with Gasteiger partial charge in [0.2, 0.25) is 0 Å². The topological polar surface area (TPSA) is 52.0 Å². The van der Waals surface area contributed by atoms with Gasteiger partial charge in [-0.3, -0.25) is 9.67 Å². The molecule has 3 heterocycles. The van der Waals surface area contributed by atoms with E-state index in [0.29, 0.717) is 6.04 Å². The zero-order valence-corrected chi connectivity index (χ0v) is 14.9. The molecule has 1 aromatic carbocycles. The summed E-state index contributed by atoms with van der Waals surface area (Å²) >= 11 is 6.28. The number of ether oxygens (including phenoxy) is 1. The molecule has 5 nitrogen and oxygen atoms in total. The number of benzene rings is 1. The fourth-order valence-corrected chi connectivity index (χ4v) is 3.70. The Morgan fingerprint density at radius 3 is 3.04 bits per heavy atom. The normalized spacial score (nSPS) is 20.9. The van der Waals surface area contributed by atoms with E-state index in [2.05, 4.69) is 21.5 Å². The lowest BCUT2D eigenvalue weighted by Gasteiger charge is -2.30. The molecule has 0 bridgehead atoms. The maximum absolute atomic E-state index is 6.28. The van der Waals surface area contributed by atoms with Crippen LogP contribution in [0.25, 0.3) is 10.9 Å². The van der Waals surface area contributed by atoms with Gasteiger partial charge in [-0.25, -0.2) is 0 Å². The molecule has 1 aliphatic rings. The van der Waals surface area contributed by atoms with Crippen molar-refractivity contribution in [2.75, 3.05) is 6.61 Å². The van der Waals surface area contributed by atoms with Crippen LogP contribution in [0.2, 0.25) is 5.02 Å². The fourth-order valence-electron chi connectivity index (χ4n) is 3.48. The molecular weight excluding hydrogens is 336 g/mol. The summed E-state index contributed by atoms with van der Waals surface area (Å²) in [5, 5.41) is 9.66. The third-order valence-corrected chi connectivity index (χ3v) is 5.18. The molecular formula is C19H21ClN4O. The van der Waals surface area contributed by atoms with E-state index in [0.717, 1.165) is 47.6 Å². The number of aromatic nitrogens is 3. The molecule has 2 aromatic heterocycles. The highest BCUT2D eigenvalue weighted by Crippen LogP contribution is 2.29. The van der Waals surface area contributed by atoms with Crippen LogP contribution in [0.4, 0.5) is 0 Å². The van der Waals surface area contributed by atoms with E-state index in [4.69, 9.17) is 16.3 Å². The Kier molecular flexibility index (Phi) is 4.70. The largest absolute Gasteiger partial charge is 0.372 e. The van der Waals surface area contributed by atoms with E-state index in [-0.39, 0.29) is 6.10 Å². The molecule has 0 aliphatic carbocycles. The van der Waals surface area contributed by atoms with Crippen molar-refractivity contribution in [2.45, 2.75) is 31.5 Å². The minimum atomic E-state index is 0.0961. The molecule has 1 N–H and O–H groups in total. The van der Waals surface area contributed by atoms with Gasteiger partial charge in [0.1, 0.15) is 6.10 Å². The number of nitrogens with one attached hydrogen (secondary N) is 1. The lowest BCUT2D eigenvalue weighted by molar-refractivity contribution is -0.00455.